The van der Waals surface area contributed by atoms with Gasteiger partial charge in [0.25, 0.3) is 0 Å². The summed E-state index contributed by atoms with van der Waals surface area (Å²) in [6.07, 6.45) is 1.75. The summed E-state index contributed by atoms with van der Waals surface area (Å²) in [5, 5.41) is 10.4. The van der Waals surface area contributed by atoms with Crippen LogP contribution in [-0.2, 0) is 0 Å². The topological polar surface area (TPSA) is 29.5 Å². The molecule has 0 aliphatic heterocycles. The van der Waals surface area contributed by atoms with Gasteiger partial charge in [-0.2, -0.15) is 0 Å². The number of hydrogen-bond acceptors (Lipinski definition) is 2. The van der Waals surface area contributed by atoms with Crippen LogP contribution in [0, 0.1) is 5.92 Å². The molecule has 88 valence electrons. The van der Waals surface area contributed by atoms with Crippen LogP contribution in [0.5, 0.6) is 5.75 Å². The molecule has 1 aliphatic carbocycles. The van der Waals surface area contributed by atoms with E-state index in [-0.39, 0.29) is 6.10 Å². The Bertz CT molecular complexity index is 378. The molecule has 3 unspecified atom stereocenters. The molecular weight excluding hydrogens is 224 g/mol. The summed E-state index contributed by atoms with van der Waals surface area (Å²) in [5.74, 6) is 1.44. The van der Waals surface area contributed by atoms with Gasteiger partial charge >= 0.3 is 0 Å². The number of hydrogen-bond donors (Lipinski definition) is 1. The summed E-state index contributed by atoms with van der Waals surface area (Å²) in [7, 11) is 1.62. The molecule has 0 saturated heterocycles. The van der Waals surface area contributed by atoms with E-state index in [9.17, 15) is 5.11 Å². The highest BCUT2D eigenvalue weighted by atomic mass is 35.5. The van der Waals surface area contributed by atoms with Crippen molar-refractivity contribution in [3.05, 3.63) is 28.8 Å². The summed E-state index contributed by atoms with van der Waals surface area (Å²) < 4.78 is 5.21. The van der Waals surface area contributed by atoms with Crippen LogP contribution in [0.3, 0.4) is 0 Å². The lowest BCUT2D eigenvalue weighted by Gasteiger charge is -2.18. The molecule has 0 heterocycles. The van der Waals surface area contributed by atoms with Crippen molar-refractivity contribution in [2.45, 2.75) is 31.8 Å². The first-order chi connectivity index (χ1) is 7.63. The van der Waals surface area contributed by atoms with E-state index in [0.717, 1.165) is 12.8 Å². The molecule has 2 rings (SSSR count). The van der Waals surface area contributed by atoms with Crippen molar-refractivity contribution in [1.82, 2.24) is 0 Å². The van der Waals surface area contributed by atoms with Crippen molar-refractivity contribution in [1.29, 1.82) is 0 Å². The molecule has 3 atom stereocenters. The highest BCUT2D eigenvalue weighted by Crippen LogP contribution is 2.41. The fourth-order valence-electron chi connectivity index (χ4n) is 2.52. The molecule has 3 heteroatoms. The van der Waals surface area contributed by atoms with E-state index in [1.807, 2.05) is 18.2 Å². The second kappa shape index (κ2) is 4.64. The van der Waals surface area contributed by atoms with Gasteiger partial charge in [0, 0.05) is 0 Å². The predicted octanol–water partition coefficient (Wildman–Crippen LogP) is 3.22. The first-order valence-electron chi connectivity index (χ1n) is 5.65. The largest absolute Gasteiger partial charge is 0.495 e. The molecule has 0 amide bonds. The molecule has 2 nitrogen and oxygen atoms in total. The van der Waals surface area contributed by atoms with Gasteiger partial charge in [0.1, 0.15) is 5.75 Å². The van der Waals surface area contributed by atoms with Gasteiger partial charge < -0.3 is 9.84 Å². The van der Waals surface area contributed by atoms with Gasteiger partial charge in [-0.15, -0.1) is 0 Å². The molecule has 1 aliphatic rings. The minimum atomic E-state index is -0.174. The van der Waals surface area contributed by atoms with Crippen LogP contribution >= 0.6 is 11.6 Å². The normalized spacial score (nSPS) is 29.4. The number of halogens is 1. The second-order valence-electron chi connectivity index (χ2n) is 4.50. The summed E-state index contributed by atoms with van der Waals surface area (Å²) in [6.45, 7) is 2.10. The molecule has 1 saturated carbocycles. The number of aliphatic hydroxyl groups excluding tert-OH is 1. The number of methoxy groups -OCH3 is 1. The Kier molecular flexibility index (Phi) is 3.41. The van der Waals surface area contributed by atoms with Crippen molar-refractivity contribution < 1.29 is 9.84 Å². The molecule has 0 radical (unpaired) electrons. The molecule has 0 bridgehead atoms. The predicted molar refractivity (Wildman–Crippen MR) is 65.1 cm³/mol. The van der Waals surface area contributed by atoms with Gasteiger partial charge in [-0.05, 0) is 42.4 Å². The highest BCUT2D eigenvalue weighted by molar-refractivity contribution is 6.32. The Morgan fingerprint density at radius 1 is 1.38 bits per heavy atom. The van der Waals surface area contributed by atoms with Gasteiger partial charge in [-0.25, -0.2) is 0 Å². The Labute approximate surface area is 101 Å². The summed E-state index contributed by atoms with van der Waals surface area (Å²) in [6, 6.07) is 5.89. The highest BCUT2D eigenvalue weighted by Gasteiger charge is 2.32. The number of benzene rings is 1. The third-order valence-electron chi connectivity index (χ3n) is 3.62. The lowest BCUT2D eigenvalue weighted by atomic mass is 9.89. The summed E-state index contributed by atoms with van der Waals surface area (Å²) >= 11 is 5.99. The van der Waals surface area contributed by atoms with Crippen molar-refractivity contribution >= 4 is 11.6 Å². The number of ether oxygens (including phenoxy) is 1. The number of rotatable bonds is 2. The van der Waals surface area contributed by atoms with E-state index >= 15 is 0 Å². The van der Waals surface area contributed by atoms with Crippen LogP contribution in [0.15, 0.2) is 18.2 Å². The Morgan fingerprint density at radius 3 is 2.69 bits per heavy atom. The van der Waals surface area contributed by atoms with Crippen molar-refractivity contribution in [3.8, 4) is 5.75 Å². The maximum absolute atomic E-state index is 9.75. The Balaban J connectivity index is 2.27. The Hall–Kier alpha value is -0.730. The molecule has 0 spiro atoms. The van der Waals surface area contributed by atoms with Crippen molar-refractivity contribution in [2.75, 3.05) is 7.11 Å². The van der Waals surface area contributed by atoms with Gasteiger partial charge in [0.05, 0.1) is 18.2 Å². The van der Waals surface area contributed by atoms with Crippen LogP contribution in [0.2, 0.25) is 5.02 Å². The van der Waals surface area contributed by atoms with E-state index in [1.54, 1.807) is 7.11 Å². The van der Waals surface area contributed by atoms with Crippen LogP contribution in [0.25, 0.3) is 0 Å². The maximum Gasteiger partial charge on any atom is 0.137 e. The summed E-state index contributed by atoms with van der Waals surface area (Å²) in [5.41, 5.74) is 1.21. The lowest BCUT2D eigenvalue weighted by molar-refractivity contribution is 0.136. The molecular formula is C13H17ClO2. The minimum Gasteiger partial charge on any atom is -0.495 e. The molecule has 1 N–H and O–H groups in total. The van der Waals surface area contributed by atoms with Crippen LogP contribution in [-0.4, -0.2) is 18.3 Å². The minimum absolute atomic E-state index is 0.174. The van der Waals surface area contributed by atoms with Gasteiger partial charge in [-0.1, -0.05) is 24.6 Å². The van der Waals surface area contributed by atoms with Crippen LogP contribution < -0.4 is 4.74 Å². The lowest BCUT2D eigenvalue weighted by Crippen LogP contribution is -2.14. The van der Waals surface area contributed by atoms with Gasteiger partial charge in [0.15, 0.2) is 0 Å². The first-order valence-corrected chi connectivity index (χ1v) is 6.02. The molecule has 0 aromatic heterocycles. The standard InChI is InChI=1S/C13H17ClO2/c1-8-10(4-6-12(8)15)9-3-5-11(14)13(7-9)16-2/h3,5,7-8,10,12,15H,4,6H2,1-2H3. The van der Waals surface area contributed by atoms with Crippen molar-refractivity contribution in [3.63, 3.8) is 0 Å². The molecule has 1 aromatic carbocycles. The van der Waals surface area contributed by atoms with Crippen LogP contribution in [0.4, 0.5) is 0 Å². The second-order valence-corrected chi connectivity index (χ2v) is 4.91. The molecule has 16 heavy (non-hydrogen) atoms. The third kappa shape index (κ3) is 2.04. The number of aliphatic hydroxyl groups is 1. The van der Waals surface area contributed by atoms with Crippen molar-refractivity contribution in [2.24, 2.45) is 5.92 Å². The first kappa shape index (κ1) is 11.7. The fraction of sp³-hybridized carbons (Fsp3) is 0.538. The van der Waals surface area contributed by atoms with Gasteiger partial charge in [0.2, 0.25) is 0 Å². The quantitative estimate of drug-likeness (QED) is 0.860. The van der Waals surface area contributed by atoms with E-state index in [4.69, 9.17) is 16.3 Å². The molecule has 1 aromatic rings. The zero-order valence-corrected chi connectivity index (χ0v) is 10.4. The fourth-order valence-corrected chi connectivity index (χ4v) is 2.72. The SMILES string of the molecule is COc1cc(C2CCC(O)C2C)ccc1Cl. The van der Waals surface area contributed by atoms with E-state index in [0.29, 0.717) is 22.6 Å². The third-order valence-corrected chi connectivity index (χ3v) is 3.93. The average molecular weight is 241 g/mol. The summed E-state index contributed by atoms with van der Waals surface area (Å²) in [4.78, 5) is 0. The monoisotopic (exact) mass is 240 g/mol. The van der Waals surface area contributed by atoms with E-state index in [2.05, 4.69) is 6.92 Å². The van der Waals surface area contributed by atoms with E-state index in [1.165, 1.54) is 5.56 Å². The average Bonchev–Trinajstić information content (AvgIpc) is 2.61. The zero-order valence-electron chi connectivity index (χ0n) is 9.61. The van der Waals surface area contributed by atoms with E-state index < -0.39 is 0 Å². The smallest absolute Gasteiger partial charge is 0.137 e. The Morgan fingerprint density at radius 2 is 2.12 bits per heavy atom. The zero-order chi connectivity index (χ0) is 11.7. The molecule has 1 fully saturated rings. The van der Waals surface area contributed by atoms with Gasteiger partial charge in [-0.3, -0.25) is 0 Å². The maximum atomic E-state index is 9.75. The van der Waals surface area contributed by atoms with Crippen LogP contribution in [0.1, 0.15) is 31.2 Å².